The summed E-state index contributed by atoms with van der Waals surface area (Å²) in [6.07, 6.45) is 5.54. The molecule has 70 valence electrons. The zero-order valence-electron chi connectivity index (χ0n) is 7.62. The molecule has 0 unspecified atom stereocenters. The van der Waals surface area contributed by atoms with Crippen LogP contribution in [0.3, 0.4) is 0 Å². The van der Waals surface area contributed by atoms with Crippen LogP contribution in [-0.4, -0.2) is 0 Å². The van der Waals surface area contributed by atoms with Crippen molar-refractivity contribution >= 4 is 25.3 Å². The van der Waals surface area contributed by atoms with Crippen molar-refractivity contribution in [3.8, 4) is 10.8 Å². The normalized spacial score (nSPS) is 5.83. The summed E-state index contributed by atoms with van der Waals surface area (Å²) in [6, 6.07) is 0. The van der Waals surface area contributed by atoms with Crippen LogP contribution in [-0.2, 0) is 0 Å². The summed E-state index contributed by atoms with van der Waals surface area (Å²) in [6.45, 7) is 4.46. The molecule has 0 atom stereocenters. The Morgan fingerprint density at radius 2 is 1.08 bits per heavy atom. The maximum absolute atomic E-state index is 7.18. The third-order valence-corrected chi connectivity index (χ3v) is 0.957. The van der Waals surface area contributed by atoms with Gasteiger partial charge in [-0.15, -0.1) is 0 Å². The van der Waals surface area contributed by atoms with Gasteiger partial charge >= 0.3 is 0 Å². The molecular formula is C8H16N2S2. The highest BCUT2D eigenvalue weighted by atomic mass is 32.1. The van der Waals surface area contributed by atoms with E-state index in [0.717, 1.165) is 0 Å². The monoisotopic (exact) mass is 204 g/mol. The van der Waals surface area contributed by atoms with Gasteiger partial charge in [-0.2, -0.15) is 10.5 Å². The lowest BCUT2D eigenvalue weighted by Crippen LogP contribution is -1.66. The smallest absolute Gasteiger partial charge is 0.130 e. The van der Waals surface area contributed by atoms with Crippen LogP contribution in [0.2, 0.25) is 0 Å². The van der Waals surface area contributed by atoms with E-state index in [4.69, 9.17) is 10.5 Å². The van der Waals surface area contributed by atoms with E-state index in [1.807, 2.05) is 0 Å². The first kappa shape index (κ1) is 17.7. The third-order valence-electron chi connectivity index (χ3n) is 0.957. The van der Waals surface area contributed by atoms with Crippen molar-refractivity contribution in [2.75, 3.05) is 0 Å². The first-order valence-corrected chi connectivity index (χ1v) is 4.70. The molecule has 4 heteroatoms. The molecule has 0 saturated heterocycles. The van der Waals surface area contributed by atoms with Gasteiger partial charge in [-0.25, -0.2) is 0 Å². The van der Waals surface area contributed by atoms with E-state index < -0.39 is 0 Å². The van der Waals surface area contributed by atoms with Crippen molar-refractivity contribution in [3.05, 3.63) is 0 Å². The van der Waals surface area contributed by atoms with Gasteiger partial charge in [0.1, 0.15) is 10.8 Å². The number of nitrogens with zero attached hydrogens (tertiary/aromatic N) is 2. The second-order valence-electron chi connectivity index (χ2n) is 1.91. The number of hydrogen-bond donors (Lipinski definition) is 2. The lowest BCUT2D eigenvalue weighted by Gasteiger charge is -1.86. The van der Waals surface area contributed by atoms with Crippen LogP contribution in [0, 0.1) is 21.3 Å². The fraction of sp³-hybridized carbons (Fsp3) is 0.750. The van der Waals surface area contributed by atoms with Crippen LogP contribution in [0.1, 0.15) is 39.5 Å². The molecule has 0 aromatic carbocycles. The molecule has 0 radical (unpaired) electrons. The van der Waals surface area contributed by atoms with Crippen molar-refractivity contribution in [3.63, 3.8) is 0 Å². The van der Waals surface area contributed by atoms with E-state index in [0.29, 0.717) is 0 Å². The van der Waals surface area contributed by atoms with Crippen LogP contribution >= 0.6 is 25.3 Å². The summed E-state index contributed by atoms with van der Waals surface area (Å²) in [5.41, 5.74) is 0. The van der Waals surface area contributed by atoms with E-state index in [1.54, 1.807) is 0 Å². The SMILES string of the molecule is CCCCCC.N#CS.N#CS. The van der Waals surface area contributed by atoms with Gasteiger partial charge in [0.05, 0.1) is 0 Å². The molecule has 0 fully saturated rings. The zero-order chi connectivity index (χ0) is 10.2. The van der Waals surface area contributed by atoms with Gasteiger partial charge in [0, 0.05) is 0 Å². The maximum Gasteiger partial charge on any atom is 0.130 e. The van der Waals surface area contributed by atoms with Crippen molar-refractivity contribution in [1.82, 2.24) is 0 Å². The van der Waals surface area contributed by atoms with Crippen molar-refractivity contribution in [2.24, 2.45) is 0 Å². The molecule has 0 aliphatic carbocycles. The molecule has 0 aliphatic rings. The molecular weight excluding hydrogens is 188 g/mol. The molecule has 0 amide bonds. The Morgan fingerprint density at radius 1 is 0.917 bits per heavy atom. The van der Waals surface area contributed by atoms with Crippen LogP contribution in [0.15, 0.2) is 0 Å². The number of rotatable bonds is 3. The zero-order valence-corrected chi connectivity index (χ0v) is 9.41. The number of thiol groups is 2. The van der Waals surface area contributed by atoms with Crippen LogP contribution in [0.5, 0.6) is 0 Å². The highest BCUT2D eigenvalue weighted by molar-refractivity contribution is 7.85. The molecule has 0 rings (SSSR count). The van der Waals surface area contributed by atoms with Gasteiger partial charge in [0.25, 0.3) is 0 Å². The molecule has 0 aromatic heterocycles. The van der Waals surface area contributed by atoms with Gasteiger partial charge in [0.2, 0.25) is 0 Å². The summed E-state index contributed by atoms with van der Waals surface area (Å²) in [5.74, 6) is 0. The third kappa shape index (κ3) is 102. The fourth-order valence-corrected chi connectivity index (χ4v) is 0.500. The highest BCUT2D eigenvalue weighted by Crippen LogP contribution is 1.95. The van der Waals surface area contributed by atoms with Crippen LogP contribution < -0.4 is 0 Å². The maximum atomic E-state index is 7.18. The molecule has 0 spiro atoms. The largest absolute Gasteiger partial charge is 0.185 e. The van der Waals surface area contributed by atoms with Crippen molar-refractivity contribution in [1.29, 1.82) is 10.5 Å². The Labute approximate surface area is 86.4 Å². The lowest BCUT2D eigenvalue weighted by atomic mass is 10.2. The quantitative estimate of drug-likeness (QED) is 0.420. The van der Waals surface area contributed by atoms with Gasteiger partial charge in [-0.05, 0) is 0 Å². The van der Waals surface area contributed by atoms with Crippen molar-refractivity contribution < 1.29 is 0 Å². The van der Waals surface area contributed by atoms with Crippen molar-refractivity contribution in [2.45, 2.75) is 39.5 Å². The minimum atomic E-state index is 1.36. The van der Waals surface area contributed by atoms with E-state index >= 15 is 0 Å². The minimum Gasteiger partial charge on any atom is -0.185 e. The highest BCUT2D eigenvalue weighted by Gasteiger charge is 1.75. The topological polar surface area (TPSA) is 47.6 Å². The molecule has 0 bridgehead atoms. The second-order valence-corrected chi connectivity index (χ2v) is 2.31. The summed E-state index contributed by atoms with van der Waals surface area (Å²) in [5, 5.41) is 17.3. The summed E-state index contributed by atoms with van der Waals surface area (Å²) < 4.78 is 0. The van der Waals surface area contributed by atoms with Gasteiger partial charge < -0.3 is 0 Å². The molecule has 2 nitrogen and oxygen atoms in total. The predicted molar refractivity (Wildman–Crippen MR) is 59.0 cm³/mol. The first-order chi connectivity index (χ1) is 5.74. The Bertz CT molecular complexity index is 108. The number of thiocyanates is 2. The van der Waals surface area contributed by atoms with Gasteiger partial charge in [0.15, 0.2) is 0 Å². The average Bonchev–Trinajstić information content (AvgIpc) is 2.04. The standard InChI is InChI=1S/C6H14.2CHNS/c1-3-5-6-4-2;2*2-1-3/h3-6H2,1-2H3;2*3H. The molecule has 12 heavy (non-hydrogen) atoms. The number of unbranched alkanes of at least 4 members (excludes halogenated alkanes) is 3. The Morgan fingerprint density at radius 3 is 1.17 bits per heavy atom. The second kappa shape index (κ2) is 31.0. The van der Waals surface area contributed by atoms with E-state index in [-0.39, 0.29) is 0 Å². The molecule has 0 aliphatic heterocycles. The van der Waals surface area contributed by atoms with E-state index in [9.17, 15) is 0 Å². The Balaban J connectivity index is -0.000000115. The Hall–Kier alpha value is -0.320. The molecule has 0 aromatic rings. The van der Waals surface area contributed by atoms with Gasteiger partial charge in [-0.3, -0.25) is 0 Å². The minimum absolute atomic E-state index is 1.36. The summed E-state index contributed by atoms with van der Waals surface area (Å²) in [4.78, 5) is 0. The summed E-state index contributed by atoms with van der Waals surface area (Å²) in [7, 11) is 0. The molecule has 0 saturated carbocycles. The first-order valence-electron chi connectivity index (χ1n) is 3.81. The number of hydrogen-bond acceptors (Lipinski definition) is 4. The molecule has 0 N–H and O–H groups in total. The van der Waals surface area contributed by atoms with E-state index in [1.165, 1.54) is 36.5 Å². The van der Waals surface area contributed by atoms with Crippen LogP contribution in [0.4, 0.5) is 0 Å². The fourth-order valence-electron chi connectivity index (χ4n) is 0.500. The summed E-state index contributed by atoms with van der Waals surface area (Å²) >= 11 is 6.19. The lowest BCUT2D eigenvalue weighted by molar-refractivity contribution is 0.702. The predicted octanol–water partition coefficient (Wildman–Crippen LogP) is 3.38. The Kier molecular flexibility index (Phi) is 45.7. The average molecular weight is 204 g/mol. The van der Waals surface area contributed by atoms with E-state index in [2.05, 4.69) is 39.1 Å². The van der Waals surface area contributed by atoms with Crippen LogP contribution in [0.25, 0.3) is 0 Å². The number of nitriles is 2. The molecule has 0 heterocycles. The van der Waals surface area contributed by atoms with Gasteiger partial charge in [-0.1, -0.05) is 64.8 Å².